The zero-order chi connectivity index (χ0) is 7.11. The van der Waals surface area contributed by atoms with Crippen LogP contribution in [0.15, 0.2) is 16.8 Å². The molecule has 0 N–H and O–H groups in total. The average Bonchev–Trinajstić information content (AvgIpc) is 2.20. The molecule has 0 atom stereocenters. The molecule has 1 rings (SSSR count). The van der Waals surface area contributed by atoms with Gasteiger partial charge in [0.2, 0.25) is 0 Å². The first-order chi connectivity index (χ1) is 4.31. The second-order valence-electron chi connectivity index (χ2n) is 1.54. The van der Waals surface area contributed by atoms with Crippen LogP contribution in [0.1, 0.15) is 12.5 Å². The highest BCUT2D eigenvalue weighted by Crippen LogP contribution is 2.01. The molecule has 0 radical (unpaired) electrons. The Balaban J connectivity index is 0.000000187. The highest BCUT2D eigenvalue weighted by atomic mass is 32.1. The predicted octanol–water partition coefficient (Wildman–Crippen LogP) is 2.26. The van der Waals surface area contributed by atoms with E-state index in [-0.39, 0.29) is 0 Å². The molecule has 0 aliphatic carbocycles. The number of rotatable bonds is 0. The van der Waals surface area contributed by atoms with Gasteiger partial charge in [-0.25, -0.2) is 0 Å². The Morgan fingerprint density at radius 1 is 1.67 bits per heavy atom. The maximum absolute atomic E-state index is 8.81. The Bertz CT molecular complexity index is 144. The molecule has 1 nitrogen and oxygen atoms in total. The van der Waals surface area contributed by atoms with E-state index in [1.807, 2.05) is 0 Å². The maximum atomic E-state index is 8.81. The fraction of sp³-hybridized carbons (Fsp3) is 0.286. The van der Waals surface area contributed by atoms with Crippen molar-refractivity contribution in [2.45, 2.75) is 13.8 Å². The highest BCUT2D eigenvalue weighted by molar-refractivity contribution is 7.07. The number of hydrogen-bond donors (Lipinski definition) is 0. The van der Waals surface area contributed by atoms with Crippen molar-refractivity contribution < 1.29 is 4.79 Å². The molecule has 0 aromatic carbocycles. The fourth-order valence-electron chi connectivity index (χ4n) is 0.333. The third kappa shape index (κ3) is 5.24. The van der Waals surface area contributed by atoms with Crippen LogP contribution in [0.5, 0.6) is 0 Å². The molecule has 50 valence electrons. The summed E-state index contributed by atoms with van der Waals surface area (Å²) < 4.78 is 0. The molecule has 0 bridgehead atoms. The Hall–Kier alpha value is -0.630. The van der Waals surface area contributed by atoms with Gasteiger partial charge in [-0.1, -0.05) is 0 Å². The SMILES string of the molecule is CC=O.Cc1ccsc1. The van der Waals surface area contributed by atoms with Crippen LogP contribution in [-0.2, 0) is 4.79 Å². The van der Waals surface area contributed by atoms with Crippen molar-refractivity contribution in [1.82, 2.24) is 0 Å². The first-order valence-electron chi connectivity index (χ1n) is 2.70. The summed E-state index contributed by atoms with van der Waals surface area (Å²) in [4.78, 5) is 8.81. The topological polar surface area (TPSA) is 17.1 Å². The monoisotopic (exact) mass is 142 g/mol. The zero-order valence-electron chi connectivity index (χ0n) is 5.63. The van der Waals surface area contributed by atoms with E-state index in [2.05, 4.69) is 23.8 Å². The summed E-state index contributed by atoms with van der Waals surface area (Å²) in [7, 11) is 0. The third-order valence-corrected chi connectivity index (χ3v) is 1.46. The van der Waals surface area contributed by atoms with Gasteiger partial charge in [0.15, 0.2) is 0 Å². The first kappa shape index (κ1) is 8.37. The van der Waals surface area contributed by atoms with Crippen molar-refractivity contribution in [1.29, 1.82) is 0 Å². The molecule has 0 amide bonds. The van der Waals surface area contributed by atoms with E-state index in [1.165, 1.54) is 12.5 Å². The summed E-state index contributed by atoms with van der Waals surface area (Å²) in [6.45, 7) is 3.54. The van der Waals surface area contributed by atoms with Gasteiger partial charge in [-0.2, -0.15) is 11.3 Å². The van der Waals surface area contributed by atoms with E-state index in [0.29, 0.717) is 0 Å². The van der Waals surface area contributed by atoms with Crippen LogP contribution in [0, 0.1) is 6.92 Å². The molecular formula is C7H10OS. The maximum Gasteiger partial charge on any atom is 0.116 e. The van der Waals surface area contributed by atoms with Gasteiger partial charge in [0.25, 0.3) is 0 Å². The molecular weight excluding hydrogens is 132 g/mol. The minimum Gasteiger partial charge on any atom is -0.304 e. The fourth-order valence-corrected chi connectivity index (χ4v) is 0.998. The number of thiophene rings is 1. The Morgan fingerprint density at radius 3 is 2.33 bits per heavy atom. The third-order valence-electron chi connectivity index (χ3n) is 0.663. The summed E-state index contributed by atoms with van der Waals surface area (Å²) in [6, 6.07) is 2.10. The lowest BCUT2D eigenvalue weighted by atomic mass is 10.4. The Kier molecular flexibility index (Phi) is 5.12. The Labute approximate surface area is 59.3 Å². The van der Waals surface area contributed by atoms with Gasteiger partial charge in [0, 0.05) is 0 Å². The van der Waals surface area contributed by atoms with Crippen LogP contribution in [0.2, 0.25) is 0 Å². The smallest absolute Gasteiger partial charge is 0.116 e. The van der Waals surface area contributed by atoms with Crippen LogP contribution in [0.4, 0.5) is 0 Å². The molecule has 0 aliphatic heterocycles. The van der Waals surface area contributed by atoms with Gasteiger partial charge >= 0.3 is 0 Å². The van der Waals surface area contributed by atoms with Gasteiger partial charge in [0.05, 0.1) is 0 Å². The summed E-state index contributed by atoms with van der Waals surface area (Å²) >= 11 is 1.74. The molecule has 0 saturated carbocycles. The van der Waals surface area contributed by atoms with E-state index < -0.39 is 0 Å². The minimum atomic E-state index is 0.750. The van der Waals surface area contributed by atoms with E-state index in [1.54, 1.807) is 11.3 Å². The average molecular weight is 142 g/mol. The van der Waals surface area contributed by atoms with Crippen molar-refractivity contribution in [3.05, 3.63) is 22.4 Å². The number of hydrogen-bond acceptors (Lipinski definition) is 2. The van der Waals surface area contributed by atoms with Crippen LogP contribution in [0.3, 0.4) is 0 Å². The van der Waals surface area contributed by atoms with Crippen LogP contribution in [-0.4, -0.2) is 6.29 Å². The van der Waals surface area contributed by atoms with E-state index >= 15 is 0 Å². The van der Waals surface area contributed by atoms with Crippen molar-refractivity contribution >= 4 is 17.6 Å². The van der Waals surface area contributed by atoms with E-state index in [9.17, 15) is 0 Å². The number of carbonyl (C=O) groups is 1. The molecule has 1 aromatic heterocycles. The summed E-state index contributed by atoms with van der Waals surface area (Å²) in [5, 5.41) is 4.20. The van der Waals surface area contributed by atoms with Gasteiger partial charge in [-0.05, 0) is 36.2 Å². The van der Waals surface area contributed by atoms with Gasteiger partial charge < -0.3 is 4.79 Å². The predicted molar refractivity (Wildman–Crippen MR) is 40.8 cm³/mol. The lowest BCUT2D eigenvalue weighted by Crippen LogP contribution is -1.47. The van der Waals surface area contributed by atoms with E-state index in [4.69, 9.17) is 4.79 Å². The van der Waals surface area contributed by atoms with Crippen molar-refractivity contribution in [2.75, 3.05) is 0 Å². The molecule has 0 spiro atoms. The molecule has 9 heavy (non-hydrogen) atoms. The second-order valence-corrected chi connectivity index (χ2v) is 2.32. The summed E-state index contributed by atoms with van der Waals surface area (Å²) in [6.07, 6.45) is 0.750. The van der Waals surface area contributed by atoms with Crippen molar-refractivity contribution in [3.63, 3.8) is 0 Å². The van der Waals surface area contributed by atoms with Gasteiger partial charge in [-0.3, -0.25) is 0 Å². The first-order valence-corrected chi connectivity index (χ1v) is 3.64. The van der Waals surface area contributed by atoms with Crippen LogP contribution >= 0.6 is 11.3 Å². The number of aryl methyl sites for hydroxylation is 1. The van der Waals surface area contributed by atoms with Crippen LogP contribution < -0.4 is 0 Å². The normalized spacial score (nSPS) is 7.33. The molecule has 1 aromatic rings. The molecule has 0 unspecified atom stereocenters. The van der Waals surface area contributed by atoms with Gasteiger partial charge in [0.1, 0.15) is 6.29 Å². The molecule has 1 heterocycles. The highest BCUT2D eigenvalue weighted by Gasteiger charge is 1.74. The van der Waals surface area contributed by atoms with Crippen molar-refractivity contribution in [3.8, 4) is 0 Å². The minimum absolute atomic E-state index is 0.750. The zero-order valence-corrected chi connectivity index (χ0v) is 6.44. The van der Waals surface area contributed by atoms with Crippen molar-refractivity contribution in [2.24, 2.45) is 0 Å². The Morgan fingerprint density at radius 2 is 2.22 bits per heavy atom. The molecule has 0 aliphatic rings. The van der Waals surface area contributed by atoms with Gasteiger partial charge in [-0.15, -0.1) is 0 Å². The van der Waals surface area contributed by atoms with E-state index in [0.717, 1.165) is 6.29 Å². The number of carbonyl (C=O) groups excluding carboxylic acids is 1. The summed E-state index contributed by atoms with van der Waals surface area (Å²) in [5.41, 5.74) is 1.36. The number of aldehydes is 1. The second kappa shape index (κ2) is 5.51. The lowest BCUT2D eigenvalue weighted by molar-refractivity contribution is -0.106. The largest absolute Gasteiger partial charge is 0.304 e. The molecule has 0 fully saturated rings. The standard InChI is InChI=1S/C5H6S.C2H4O/c1-5-2-3-6-4-5;1-2-3/h2-4H,1H3;2H,1H3. The summed E-state index contributed by atoms with van der Waals surface area (Å²) in [5.74, 6) is 0. The molecule has 0 saturated heterocycles. The molecule has 2 heteroatoms. The lowest BCUT2D eigenvalue weighted by Gasteiger charge is -1.65. The quantitative estimate of drug-likeness (QED) is 0.508. The van der Waals surface area contributed by atoms with Crippen LogP contribution in [0.25, 0.3) is 0 Å².